The summed E-state index contributed by atoms with van der Waals surface area (Å²) in [6.07, 6.45) is 2.66. The molecule has 0 unspecified atom stereocenters. The highest BCUT2D eigenvalue weighted by Gasteiger charge is 2.20. The van der Waals surface area contributed by atoms with E-state index in [1.165, 1.54) is 11.8 Å². The molecule has 4 rings (SSSR count). The van der Waals surface area contributed by atoms with E-state index >= 15 is 0 Å². The number of aryl methyl sites for hydroxylation is 2. The number of aromatic hydroxyl groups is 2. The molecule has 0 aliphatic carbocycles. The lowest BCUT2D eigenvalue weighted by Gasteiger charge is -2.12. The zero-order valence-electron chi connectivity index (χ0n) is 15.8. The number of nitrogens with one attached hydrogen (secondary N) is 1. The van der Waals surface area contributed by atoms with Gasteiger partial charge >= 0.3 is 0 Å². The van der Waals surface area contributed by atoms with Crippen molar-refractivity contribution in [2.24, 2.45) is 0 Å². The minimum absolute atomic E-state index is 0.0513. The molecular weight excluding hydrogens is 372 g/mol. The van der Waals surface area contributed by atoms with E-state index in [9.17, 15) is 10.2 Å². The van der Waals surface area contributed by atoms with Crippen LogP contribution in [0.25, 0.3) is 28.0 Å². The lowest BCUT2D eigenvalue weighted by Crippen LogP contribution is -2.00. The SMILES string of the molecule is CCCc1cc2c(-n3c(S)nnc3-c3cc(CC)c(O)cc3O)cccc2[nH]1. The fraction of sp³-hybridized carbons (Fsp3) is 0.238. The number of aromatic nitrogens is 4. The van der Waals surface area contributed by atoms with Crippen molar-refractivity contribution in [3.63, 3.8) is 0 Å². The van der Waals surface area contributed by atoms with Gasteiger partial charge in [0.1, 0.15) is 11.5 Å². The van der Waals surface area contributed by atoms with Crippen molar-refractivity contribution in [2.45, 2.75) is 38.3 Å². The molecule has 28 heavy (non-hydrogen) atoms. The van der Waals surface area contributed by atoms with Crippen molar-refractivity contribution in [3.05, 3.63) is 47.7 Å². The van der Waals surface area contributed by atoms with Crippen LogP contribution in [0.15, 0.2) is 41.6 Å². The van der Waals surface area contributed by atoms with Crippen molar-refractivity contribution < 1.29 is 10.2 Å². The van der Waals surface area contributed by atoms with E-state index in [1.54, 1.807) is 6.07 Å². The number of nitrogens with zero attached hydrogens (tertiary/aromatic N) is 3. The van der Waals surface area contributed by atoms with Gasteiger partial charge in [0.05, 0.1) is 11.3 Å². The third-order valence-electron chi connectivity index (χ3n) is 4.92. The van der Waals surface area contributed by atoms with Gasteiger partial charge in [0.25, 0.3) is 0 Å². The van der Waals surface area contributed by atoms with Crippen LogP contribution in [0.4, 0.5) is 0 Å². The summed E-state index contributed by atoms with van der Waals surface area (Å²) in [6, 6.07) is 11.2. The van der Waals surface area contributed by atoms with E-state index in [4.69, 9.17) is 0 Å². The third-order valence-corrected chi connectivity index (χ3v) is 5.21. The zero-order valence-corrected chi connectivity index (χ0v) is 16.7. The summed E-state index contributed by atoms with van der Waals surface area (Å²) in [4.78, 5) is 3.45. The van der Waals surface area contributed by atoms with Crippen LogP contribution in [0.1, 0.15) is 31.5 Å². The largest absolute Gasteiger partial charge is 0.508 e. The summed E-state index contributed by atoms with van der Waals surface area (Å²) < 4.78 is 1.82. The smallest absolute Gasteiger partial charge is 0.193 e. The van der Waals surface area contributed by atoms with E-state index in [-0.39, 0.29) is 11.5 Å². The van der Waals surface area contributed by atoms with Gasteiger partial charge in [0, 0.05) is 22.7 Å². The van der Waals surface area contributed by atoms with E-state index in [0.29, 0.717) is 23.0 Å². The quantitative estimate of drug-likeness (QED) is 0.372. The summed E-state index contributed by atoms with van der Waals surface area (Å²) in [5.74, 6) is 0.491. The average Bonchev–Trinajstić information content (AvgIpc) is 3.25. The van der Waals surface area contributed by atoms with Crippen molar-refractivity contribution in [1.82, 2.24) is 19.7 Å². The van der Waals surface area contributed by atoms with Gasteiger partial charge in [-0.15, -0.1) is 22.8 Å². The minimum atomic E-state index is -0.0513. The predicted molar refractivity (Wildman–Crippen MR) is 113 cm³/mol. The number of fused-ring (bicyclic) bond motifs is 1. The Kier molecular flexibility index (Phi) is 4.77. The summed E-state index contributed by atoms with van der Waals surface area (Å²) in [5.41, 5.74) is 4.31. The first kappa shape index (κ1) is 18.4. The molecule has 0 aliphatic heterocycles. The van der Waals surface area contributed by atoms with Crippen LogP contribution in [0.3, 0.4) is 0 Å². The van der Waals surface area contributed by atoms with E-state index in [1.807, 2.05) is 29.7 Å². The second kappa shape index (κ2) is 7.24. The second-order valence-corrected chi connectivity index (χ2v) is 7.19. The fourth-order valence-electron chi connectivity index (χ4n) is 3.55. The lowest BCUT2D eigenvalue weighted by molar-refractivity contribution is 0.447. The molecule has 4 aromatic rings. The molecule has 0 radical (unpaired) electrons. The summed E-state index contributed by atoms with van der Waals surface area (Å²) in [6.45, 7) is 4.09. The maximum Gasteiger partial charge on any atom is 0.193 e. The minimum Gasteiger partial charge on any atom is -0.508 e. The molecule has 0 spiro atoms. The van der Waals surface area contributed by atoms with Gasteiger partial charge in [0.15, 0.2) is 11.0 Å². The Bertz CT molecular complexity index is 1160. The van der Waals surface area contributed by atoms with Gasteiger partial charge in [-0.25, -0.2) is 0 Å². The molecule has 0 atom stereocenters. The summed E-state index contributed by atoms with van der Waals surface area (Å²) in [7, 11) is 0. The van der Waals surface area contributed by atoms with Crippen LogP contribution in [-0.2, 0) is 12.8 Å². The van der Waals surface area contributed by atoms with Gasteiger partial charge in [0.2, 0.25) is 0 Å². The third kappa shape index (κ3) is 3.01. The van der Waals surface area contributed by atoms with Gasteiger partial charge in [-0.05, 0) is 42.7 Å². The Hall–Kier alpha value is -2.93. The molecular formula is C21H22N4O2S. The molecule has 0 bridgehead atoms. The molecule has 144 valence electrons. The first-order valence-corrected chi connectivity index (χ1v) is 9.78. The van der Waals surface area contributed by atoms with Crippen molar-refractivity contribution in [3.8, 4) is 28.6 Å². The Morgan fingerprint density at radius 3 is 2.64 bits per heavy atom. The number of H-pyrrole nitrogens is 1. The normalized spacial score (nSPS) is 11.4. The standard InChI is InChI=1S/C21H22N4O2S/c1-3-6-13-10-14-16(22-13)7-5-8-17(14)25-20(23-24-21(25)28)15-9-12(4-2)18(26)11-19(15)27/h5,7-11,22,26-27H,3-4,6H2,1-2H3,(H,24,28). The molecule has 0 saturated carbocycles. The van der Waals surface area contributed by atoms with Gasteiger partial charge in [-0.2, -0.15) is 0 Å². The highest BCUT2D eigenvalue weighted by molar-refractivity contribution is 7.80. The summed E-state index contributed by atoms with van der Waals surface area (Å²) >= 11 is 4.51. The lowest BCUT2D eigenvalue weighted by atomic mass is 10.1. The van der Waals surface area contributed by atoms with Crippen molar-refractivity contribution in [1.29, 1.82) is 0 Å². The molecule has 2 heterocycles. The summed E-state index contributed by atoms with van der Waals surface area (Å²) in [5, 5.41) is 30.3. The van der Waals surface area contributed by atoms with Crippen LogP contribution in [0.5, 0.6) is 11.5 Å². The first-order chi connectivity index (χ1) is 13.5. The van der Waals surface area contributed by atoms with E-state index in [0.717, 1.165) is 35.0 Å². The number of thiol groups is 1. The monoisotopic (exact) mass is 394 g/mol. The van der Waals surface area contributed by atoms with Gasteiger partial charge in [-0.1, -0.05) is 26.3 Å². The van der Waals surface area contributed by atoms with Crippen LogP contribution in [-0.4, -0.2) is 30.0 Å². The van der Waals surface area contributed by atoms with E-state index < -0.39 is 0 Å². The van der Waals surface area contributed by atoms with Gasteiger partial charge in [-0.3, -0.25) is 4.57 Å². The maximum absolute atomic E-state index is 10.5. The molecule has 0 saturated heterocycles. The highest BCUT2D eigenvalue weighted by Crippen LogP contribution is 2.37. The molecule has 0 fully saturated rings. The highest BCUT2D eigenvalue weighted by atomic mass is 32.1. The molecule has 6 nitrogen and oxygen atoms in total. The topological polar surface area (TPSA) is 87.0 Å². The molecule has 3 N–H and O–H groups in total. The number of rotatable bonds is 5. The van der Waals surface area contributed by atoms with Crippen LogP contribution >= 0.6 is 12.6 Å². The van der Waals surface area contributed by atoms with Crippen molar-refractivity contribution >= 4 is 23.5 Å². The van der Waals surface area contributed by atoms with E-state index in [2.05, 4.69) is 40.8 Å². The van der Waals surface area contributed by atoms with Gasteiger partial charge < -0.3 is 15.2 Å². The zero-order chi connectivity index (χ0) is 19.8. The second-order valence-electron chi connectivity index (χ2n) is 6.79. The molecule has 0 amide bonds. The Morgan fingerprint density at radius 2 is 1.89 bits per heavy atom. The number of benzene rings is 2. The fourth-order valence-corrected chi connectivity index (χ4v) is 3.80. The molecule has 0 aliphatic rings. The number of phenolic OH excluding ortho intramolecular Hbond substituents is 2. The maximum atomic E-state index is 10.5. The number of aromatic amines is 1. The number of phenols is 2. The number of hydrogen-bond donors (Lipinski definition) is 4. The van der Waals surface area contributed by atoms with Crippen LogP contribution in [0, 0.1) is 0 Å². The predicted octanol–water partition coefficient (Wildman–Crippen LogP) is 4.63. The Labute approximate surface area is 168 Å². The average molecular weight is 395 g/mol. The molecule has 2 aromatic carbocycles. The Morgan fingerprint density at radius 1 is 1.07 bits per heavy atom. The number of hydrogen-bond acceptors (Lipinski definition) is 5. The van der Waals surface area contributed by atoms with Crippen molar-refractivity contribution in [2.75, 3.05) is 0 Å². The van der Waals surface area contributed by atoms with Crippen LogP contribution < -0.4 is 0 Å². The Balaban J connectivity index is 1.95. The molecule has 2 aromatic heterocycles. The van der Waals surface area contributed by atoms with Crippen LogP contribution in [0.2, 0.25) is 0 Å². The first-order valence-electron chi connectivity index (χ1n) is 9.34. The molecule has 7 heteroatoms.